The number of hydrogen-bond donors (Lipinski definition) is 2. The SMILES string of the molecule is Cc1ccccc1COc1ccc2c(ccn2[C@@H](c2ccccc2)[C@H](O)CN(C)C(=O)O)c1. The van der Waals surface area contributed by atoms with Crippen molar-refractivity contribution in [3.63, 3.8) is 0 Å². The fraction of sp³-hybridized carbons (Fsp3) is 0.222. The first kappa shape index (κ1) is 22.4. The van der Waals surface area contributed by atoms with Crippen molar-refractivity contribution in [3.05, 3.63) is 102 Å². The Labute approximate surface area is 193 Å². The van der Waals surface area contributed by atoms with Gasteiger partial charge in [0.15, 0.2) is 0 Å². The van der Waals surface area contributed by atoms with Crippen LogP contribution in [0.4, 0.5) is 4.79 Å². The number of benzene rings is 3. The van der Waals surface area contributed by atoms with Gasteiger partial charge >= 0.3 is 6.09 Å². The van der Waals surface area contributed by atoms with Crippen LogP contribution in [0.25, 0.3) is 10.9 Å². The number of carboxylic acid groups (broad SMARTS) is 1. The molecule has 6 heteroatoms. The number of aromatic nitrogens is 1. The number of aryl methyl sites for hydroxylation is 1. The third-order valence-electron chi connectivity index (χ3n) is 5.94. The molecule has 33 heavy (non-hydrogen) atoms. The average Bonchev–Trinajstić information content (AvgIpc) is 3.22. The minimum absolute atomic E-state index is 0.00775. The predicted molar refractivity (Wildman–Crippen MR) is 129 cm³/mol. The molecular formula is C27H28N2O4. The second kappa shape index (κ2) is 9.79. The van der Waals surface area contributed by atoms with Gasteiger partial charge in [-0.2, -0.15) is 0 Å². The van der Waals surface area contributed by atoms with Crippen LogP contribution in [-0.4, -0.2) is 45.5 Å². The van der Waals surface area contributed by atoms with Crippen LogP contribution < -0.4 is 4.74 Å². The van der Waals surface area contributed by atoms with Gasteiger partial charge in [0.25, 0.3) is 0 Å². The van der Waals surface area contributed by atoms with Gasteiger partial charge in [0, 0.05) is 24.1 Å². The van der Waals surface area contributed by atoms with Crippen LogP contribution in [0, 0.1) is 6.92 Å². The van der Waals surface area contributed by atoms with Gasteiger partial charge in [0.05, 0.1) is 18.7 Å². The summed E-state index contributed by atoms with van der Waals surface area (Å²) < 4.78 is 8.03. The Kier molecular flexibility index (Phi) is 6.66. The molecule has 0 saturated heterocycles. The summed E-state index contributed by atoms with van der Waals surface area (Å²) >= 11 is 0. The van der Waals surface area contributed by atoms with Crippen molar-refractivity contribution in [3.8, 4) is 5.75 Å². The van der Waals surface area contributed by atoms with Gasteiger partial charge in [0.1, 0.15) is 12.4 Å². The number of aliphatic hydroxyl groups excluding tert-OH is 1. The van der Waals surface area contributed by atoms with Gasteiger partial charge in [-0.1, -0.05) is 54.6 Å². The summed E-state index contributed by atoms with van der Waals surface area (Å²) in [5.74, 6) is 0.769. The molecule has 4 rings (SSSR count). The fourth-order valence-corrected chi connectivity index (χ4v) is 4.08. The molecule has 2 N–H and O–H groups in total. The molecule has 0 aliphatic heterocycles. The first-order valence-corrected chi connectivity index (χ1v) is 10.9. The van der Waals surface area contributed by atoms with E-state index in [1.807, 2.05) is 77.5 Å². The average molecular weight is 445 g/mol. The van der Waals surface area contributed by atoms with E-state index < -0.39 is 18.2 Å². The second-order valence-electron chi connectivity index (χ2n) is 8.24. The van der Waals surface area contributed by atoms with Crippen molar-refractivity contribution < 1.29 is 19.7 Å². The highest BCUT2D eigenvalue weighted by molar-refractivity contribution is 5.82. The Bertz CT molecular complexity index is 1240. The van der Waals surface area contributed by atoms with Crippen molar-refractivity contribution in [2.45, 2.75) is 25.7 Å². The van der Waals surface area contributed by atoms with Crippen LogP contribution in [0.15, 0.2) is 85.1 Å². The van der Waals surface area contributed by atoms with Gasteiger partial charge in [-0.05, 0) is 47.9 Å². The number of hydrogen-bond acceptors (Lipinski definition) is 3. The predicted octanol–water partition coefficient (Wildman–Crippen LogP) is 5.09. The summed E-state index contributed by atoms with van der Waals surface area (Å²) in [7, 11) is 1.46. The van der Waals surface area contributed by atoms with Gasteiger partial charge < -0.3 is 24.4 Å². The van der Waals surface area contributed by atoms with Gasteiger partial charge in [-0.25, -0.2) is 4.79 Å². The number of fused-ring (bicyclic) bond motifs is 1. The van der Waals surface area contributed by atoms with Crippen molar-refractivity contribution in [1.82, 2.24) is 9.47 Å². The highest BCUT2D eigenvalue weighted by Gasteiger charge is 2.26. The number of rotatable bonds is 8. The lowest BCUT2D eigenvalue weighted by Crippen LogP contribution is -2.38. The zero-order valence-electron chi connectivity index (χ0n) is 18.8. The molecule has 4 aromatic rings. The van der Waals surface area contributed by atoms with Crippen LogP contribution in [0.3, 0.4) is 0 Å². The molecule has 6 nitrogen and oxygen atoms in total. The minimum Gasteiger partial charge on any atom is -0.489 e. The molecule has 1 amide bonds. The van der Waals surface area contributed by atoms with E-state index in [1.165, 1.54) is 12.6 Å². The molecular weight excluding hydrogens is 416 g/mol. The van der Waals surface area contributed by atoms with Crippen LogP contribution in [0.2, 0.25) is 0 Å². The smallest absolute Gasteiger partial charge is 0.407 e. The Morgan fingerprint density at radius 3 is 2.48 bits per heavy atom. The topological polar surface area (TPSA) is 74.9 Å². The molecule has 0 fully saturated rings. The minimum atomic E-state index is -1.08. The summed E-state index contributed by atoms with van der Waals surface area (Å²) in [6.07, 6.45) is -0.0768. The third kappa shape index (κ3) is 5.02. The normalized spacial score (nSPS) is 12.9. The highest BCUT2D eigenvalue weighted by Crippen LogP contribution is 2.30. The number of likely N-dealkylation sites (N-methyl/N-ethyl adjacent to an activating group) is 1. The summed E-state index contributed by atoms with van der Waals surface area (Å²) in [5, 5.41) is 21.3. The standard InChI is InChI=1S/C27H28N2O4/c1-19-8-6-7-11-22(19)18-33-23-12-13-24-21(16-23)14-15-29(24)26(20-9-4-3-5-10-20)25(30)17-28(2)27(31)32/h3-16,25-26,30H,17-18H2,1-2H3,(H,31,32)/t25-,26+/m1/s1. The van der Waals surface area contributed by atoms with Crippen LogP contribution in [0.1, 0.15) is 22.7 Å². The molecule has 0 bridgehead atoms. The Morgan fingerprint density at radius 2 is 1.76 bits per heavy atom. The number of ether oxygens (including phenoxy) is 1. The zero-order chi connectivity index (χ0) is 23.4. The number of aliphatic hydroxyl groups is 1. The van der Waals surface area contributed by atoms with Gasteiger partial charge in [0.2, 0.25) is 0 Å². The van der Waals surface area contributed by atoms with E-state index in [9.17, 15) is 15.0 Å². The molecule has 0 unspecified atom stereocenters. The fourth-order valence-electron chi connectivity index (χ4n) is 4.08. The summed E-state index contributed by atoms with van der Waals surface area (Å²) in [6.45, 7) is 2.55. The van der Waals surface area contributed by atoms with Gasteiger partial charge in [-0.3, -0.25) is 0 Å². The molecule has 0 radical (unpaired) electrons. The van der Waals surface area contributed by atoms with E-state index in [0.717, 1.165) is 32.7 Å². The lowest BCUT2D eigenvalue weighted by atomic mass is 10.0. The van der Waals surface area contributed by atoms with E-state index in [1.54, 1.807) is 0 Å². The molecule has 3 aromatic carbocycles. The lowest BCUT2D eigenvalue weighted by molar-refractivity contribution is 0.0850. The molecule has 0 aliphatic carbocycles. The van der Waals surface area contributed by atoms with Crippen molar-refractivity contribution in [2.75, 3.05) is 13.6 Å². The first-order valence-electron chi connectivity index (χ1n) is 10.9. The Hall–Kier alpha value is -3.77. The van der Waals surface area contributed by atoms with E-state index in [4.69, 9.17) is 4.74 Å². The van der Waals surface area contributed by atoms with Crippen molar-refractivity contribution >= 4 is 17.0 Å². The molecule has 2 atom stereocenters. The quantitative estimate of drug-likeness (QED) is 0.397. The van der Waals surface area contributed by atoms with Crippen LogP contribution in [-0.2, 0) is 6.61 Å². The largest absolute Gasteiger partial charge is 0.489 e. The number of amides is 1. The highest BCUT2D eigenvalue weighted by atomic mass is 16.5. The molecule has 0 spiro atoms. The second-order valence-corrected chi connectivity index (χ2v) is 8.24. The van der Waals surface area contributed by atoms with E-state index in [-0.39, 0.29) is 6.54 Å². The third-order valence-corrected chi connectivity index (χ3v) is 5.94. The maximum Gasteiger partial charge on any atom is 0.407 e. The molecule has 170 valence electrons. The van der Waals surface area contributed by atoms with E-state index in [2.05, 4.69) is 19.1 Å². The molecule has 0 aliphatic rings. The van der Waals surface area contributed by atoms with Crippen LogP contribution >= 0.6 is 0 Å². The Balaban J connectivity index is 1.63. The summed E-state index contributed by atoms with van der Waals surface area (Å²) in [4.78, 5) is 12.4. The molecule has 0 saturated carbocycles. The zero-order valence-corrected chi connectivity index (χ0v) is 18.8. The van der Waals surface area contributed by atoms with Crippen molar-refractivity contribution in [2.24, 2.45) is 0 Å². The van der Waals surface area contributed by atoms with Crippen LogP contribution in [0.5, 0.6) is 5.75 Å². The molecule has 1 aromatic heterocycles. The van der Waals surface area contributed by atoms with E-state index in [0.29, 0.717) is 6.61 Å². The summed E-state index contributed by atoms with van der Waals surface area (Å²) in [5.41, 5.74) is 4.17. The lowest BCUT2D eigenvalue weighted by Gasteiger charge is -2.28. The summed E-state index contributed by atoms with van der Waals surface area (Å²) in [6, 6.07) is 25.2. The first-order chi connectivity index (χ1) is 15.9. The number of nitrogens with zero attached hydrogens (tertiary/aromatic N) is 2. The molecule has 1 heterocycles. The monoisotopic (exact) mass is 444 g/mol. The van der Waals surface area contributed by atoms with E-state index >= 15 is 0 Å². The van der Waals surface area contributed by atoms with Crippen molar-refractivity contribution in [1.29, 1.82) is 0 Å². The van der Waals surface area contributed by atoms with Gasteiger partial charge in [-0.15, -0.1) is 0 Å². The Morgan fingerprint density at radius 1 is 1.03 bits per heavy atom. The maximum atomic E-state index is 11.3. The number of carbonyl (C=O) groups is 1. The maximum absolute atomic E-state index is 11.3.